The number of methoxy groups -OCH3 is 2. The molecule has 0 heterocycles. The fraction of sp³-hybridized carbons (Fsp3) is 0.261. The summed E-state index contributed by atoms with van der Waals surface area (Å²) in [5.41, 5.74) is 2.65. The van der Waals surface area contributed by atoms with Gasteiger partial charge in [0.05, 0.1) is 14.2 Å². The largest absolute Gasteiger partial charge is 0.497 e. The molecule has 1 N–H and O–H groups in total. The van der Waals surface area contributed by atoms with E-state index in [1.807, 2.05) is 81.5 Å². The van der Waals surface area contributed by atoms with Crippen molar-refractivity contribution in [3.8, 4) is 11.5 Å². The summed E-state index contributed by atoms with van der Waals surface area (Å²) in [6.07, 6.45) is 5.42. The first-order valence-corrected chi connectivity index (χ1v) is 8.81. The molecule has 1 amide bonds. The van der Waals surface area contributed by atoms with Crippen molar-refractivity contribution in [2.24, 2.45) is 0 Å². The molecule has 0 saturated carbocycles. The average Bonchev–Trinajstić information content (AvgIpc) is 2.64. The standard InChI is InChI=1S/C23H27NO3/c1-23(2,3)24-22(25)15-10-19(18-8-13-21(27-5)14-9-18)16-17-6-11-20(26-4)12-7-17/h6-16H,1-5H3,(H,24,25)/b15-10+,19-16-. The Balaban J connectivity index is 2.34. The highest BCUT2D eigenvalue weighted by atomic mass is 16.5. The number of rotatable bonds is 6. The minimum atomic E-state index is -0.276. The Hall–Kier alpha value is -3.01. The molecule has 0 spiro atoms. The van der Waals surface area contributed by atoms with Gasteiger partial charge in [0.2, 0.25) is 5.91 Å². The molecule has 4 heteroatoms. The summed E-state index contributed by atoms with van der Waals surface area (Å²) >= 11 is 0. The zero-order chi connectivity index (χ0) is 19.9. The first-order chi connectivity index (χ1) is 12.8. The first kappa shape index (κ1) is 20.3. The van der Waals surface area contributed by atoms with Crippen LogP contribution in [-0.4, -0.2) is 25.7 Å². The summed E-state index contributed by atoms with van der Waals surface area (Å²) in [6, 6.07) is 15.5. The van der Waals surface area contributed by atoms with E-state index in [4.69, 9.17) is 9.47 Å². The molecular formula is C23H27NO3. The van der Waals surface area contributed by atoms with Crippen LogP contribution in [0.25, 0.3) is 11.6 Å². The Bertz CT molecular complexity index is 810. The van der Waals surface area contributed by atoms with E-state index in [9.17, 15) is 4.79 Å². The van der Waals surface area contributed by atoms with Gasteiger partial charge < -0.3 is 14.8 Å². The Morgan fingerprint density at radius 2 is 1.37 bits per heavy atom. The van der Waals surface area contributed by atoms with Gasteiger partial charge in [-0.25, -0.2) is 0 Å². The number of ether oxygens (including phenoxy) is 2. The van der Waals surface area contributed by atoms with Crippen molar-refractivity contribution in [1.82, 2.24) is 5.32 Å². The van der Waals surface area contributed by atoms with Crippen molar-refractivity contribution in [3.63, 3.8) is 0 Å². The second-order valence-electron chi connectivity index (χ2n) is 7.17. The molecule has 0 aliphatic carbocycles. The molecule has 0 aromatic heterocycles. The third-order valence-corrected chi connectivity index (χ3v) is 3.77. The van der Waals surface area contributed by atoms with E-state index in [1.54, 1.807) is 20.3 Å². The third kappa shape index (κ3) is 6.66. The lowest BCUT2D eigenvalue weighted by atomic mass is 10.0. The van der Waals surface area contributed by atoms with Crippen LogP contribution in [0.3, 0.4) is 0 Å². The van der Waals surface area contributed by atoms with E-state index in [0.29, 0.717) is 0 Å². The maximum absolute atomic E-state index is 12.2. The summed E-state index contributed by atoms with van der Waals surface area (Å²) in [6.45, 7) is 5.86. The van der Waals surface area contributed by atoms with Gasteiger partial charge in [-0.05, 0) is 73.9 Å². The van der Waals surface area contributed by atoms with Gasteiger partial charge >= 0.3 is 0 Å². The van der Waals surface area contributed by atoms with Crippen LogP contribution in [0.1, 0.15) is 31.9 Å². The Morgan fingerprint density at radius 3 is 1.85 bits per heavy atom. The van der Waals surface area contributed by atoms with Gasteiger partial charge in [0.15, 0.2) is 0 Å². The van der Waals surface area contributed by atoms with E-state index >= 15 is 0 Å². The van der Waals surface area contributed by atoms with Crippen molar-refractivity contribution in [2.75, 3.05) is 14.2 Å². The Labute approximate surface area is 161 Å². The van der Waals surface area contributed by atoms with Crippen LogP contribution in [0.2, 0.25) is 0 Å². The van der Waals surface area contributed by atoms with Gasteiger partial charge in [-0.15, -0.1) is 0 Å². The highest BCUT2D eigenvalue weighted by Gasteiger charge is 2.11. The lowest BCUT2D eigenvalue weighted by Crippen LogP contribution is -2.39. The third-order valence-electron chi connectivity index (χ3n) is 3.77. The van der Waals surface area contributed by atoms with Crippen molar-refractivity contribution in [1.29, 1.82) is 0 Å². The van der Waals surface area contributed by atoms with Crippen molar-refractivity contribution >= 4 is 17.6 Å². The molecule has 4 nitrogen and oxygen atoms in total. The maximum atomic E-state index is 12.2. The molecule has 142 valence electrons. The molecule has 0 unspecified atom stereocenters. The SMILES string of the molecule is COc1ccc(/C=C(/C=C/C(=O)NC(C)(C)C)c2ccc(OC)cc2)cc1. The average molecular weight is 365 g/mol. The summed E-state index contributed by atoms with van der Waals surface area (Å²) in [4.78, 5) is 12.2. The van der Waals surface area contributed by atoms with Crippen LogP contribution in [-0.2, 0) is 4.79 Å². The van der Waals surface area contributed by atoms with E-state index in [0.717, 1.165) is 28.2 Å². The Kier molecular flexibility index (Phi) is 6.83. The molecule has 2 aromatic carbocycles. The van der Waals surface area contributed by atoms with Crippen molar-refractivity contribution < 1.29 is 14.3 Å². The van der Waals surface area contributed by atoms with E-state index < -0.39 is 0 Å². The quantitative estimate of drug-likeness (QED) is 0.458. The molecular weight excluding hydrogens is 338 g/mol. The number of nitrogens with one attached hydrogen (secondary N) is 1. The highest BCUT2D eigenvalue weighted by molar-refractivity contribution is 5.95. The van der Waals surface area contributed by atoms with Crippen molar-refractivity contribution in [2.45, 2.75) is 26.3 Å². The minimum absolute atomic E-state index is 0.128. The summed E-state index contributed by atoms with van der Waals surface area (Å²) in [5, 5.41) is 2.93. The fourth-order valence-electron chi connectivity index (χ4n) is 2.47. The van der Waals surface area contributed by atoms with Crippen LogP contribution in [0.5, 0.6) is 11.5 Å². The lowest BCUT2D eigenvalue weighted by molar-refractivity contribution is -0.117. The molecule has 0 bridgehead atoms. The van der Waals surface area contributed by atoms with Crippen LogP contribution in [0.4, 0.5) is 0 Å². The van der Waals surface area contributed by atoms with Gasteiger partial charge in [0.25, 0.3) is 0 Å². The Morgan fingerprint density at radius 1 is 0.852 bits per heavy atom. The van der Waals surface area contributed by atoms with E-state index in [-0.39, 0.29) is 11.4 Å². The summed E-state index contributed by atoms with van der Waals surface area (Å²) in [7, 11) is 3.28. The predicted octanol–water partition coefficient (Wildman–Crippen LogP) is 4.72. The van der Waals surface area contributed by atoms with Gasteiger partial charge in [-0.1, -0.05) is 24.3 Å². The second kappa shape index (κ2) is 9.08. The van der Waals surface area contributed by atoms with Crippen LogP contribution < -0.4 is 14.8 Å². The topological polar surface area (TPSA) is 47.6 Å². The molecule has 0 aliphatic rings. The van der Waals surface area contributed by atoms with Gasteiger partial charge in [0.1, 0.15) is 11.5 Å². The van der Waals surface area contributed by atoms with E-state index in [1.165, 1.54) is 0 Å². The number of allylic oxidation sites excluding steroid dienone is 2. The monoisotopic (exact) mass is 365 g/mol. The molecule has 2 aromatic rings. The lowest BCUT2D eigenvalue weighted by Gasteiger charge is -2.19. The van der Waals surface area contributed by atoms with Gasteiger partial charge in [-0.2, -0.15) is 0 Å². The molecule has 0 aliphatic heterocycles. The van der Waals surface area contributed by atoms with Gasteiger partial charge in [-0.3, -0.25) is 4.79 Å². The second-order valence-corrected chi connectivity index (χ2v) is 7.17. The number of carbonyl (C=O) groups excluding carboxylic acids is 1. The van der Waals surface area contributed by atoms with Crippen LogP contribution in [0.15, 0.2) is 60.7 Å². The van der Waals surface area contributed by atoms with Crippen molar-refractivity contribution in [3.05, 3.63) is 71.8 Å². The number of hydrogen-bond donors (Lipinski definition) is 1. The zero-order valence-electron chi connectivity index (χ0n) is 16.6. The first-order valence-electron chi connectivity index (χ1n) is 8.81. The number of hydrogen-bond acceptors (Lipinski definition) is 3. The molecule has 27 heavy (non-hydrogen) atoms. The molecule has 2 rings (SSSR count). The highest BCUT2D eigenvalue weighted by Crippen LogP contribution is 2.23. The van der Waals surface area contributed by atoms with Crippen LogP contribution >= 0.6 is 0 Å². The predicted molar refractivity (Wildman–Crippen MR) is 111 cm³/mol. The number of carbonyl (C=O) groups is 1. The fourth-order valence-corrected chi connectivity index (χ4v) is 2.47. The maximum Gasteiger partial charge on any atom is 0.244 e. The van der Waals surface area contributed by atoms with Crippen LogP contribution in [0, 0.1) is 0 Å². The smallest absolute Gasteiger partial charge is 0.244 e. The van der Waals surface area contributed by atoms with Gasteiger partial charge in [0, 0.05) is 11.6 Å². The summed E-state index contributed by atoms with van der Waals surface area (Å²) < 4.78 is 10.4. The summed E-state index contributed by atoms with van der Waals surface area (Å²) in [5.74, 6) is 1.46. The normalized spacial score (nSPS) is 12.1. The van der Waals surface area contributed by atoms with E-state index in [2.05, 4.69) is 5.32 Å². The minimum Gasteiger partial charge on any atom is -0.497 e. The molecule has 0 radical (unpaired) electrons. The number of amides is 1. The molecule has 0 fully saturated rings. The number of benzene rings is 2. The zero-order valence-corrected chi connectivity index (χ0v) is 16.6. The molecule has 0 atom stereocenters. The molecule has 0 saturated heterocycles.